The minimum absolute atomic E-state index is 0.115. The van der Waals surface area contributed by atoms with Crippen LogP contribution in [-0.4, -0.2) is 45.2 Å². The van der Waals surface area contributed by atoms with Crippen LogP contribution in [-0.2, 0) is 24.9 Å². The van der Waals surface area contributed by atoms with Crippen molar-refractivity contribution >= 4 is 50.2 Å². The zero-order valence-corrected chi connectivity index (χ0v) is 37.9. The number of benzene rings is 5. The summed E-state index contributed by atoms with van der Waals surface area (Å²) in [4.78, 5) is 25.7. The number of hydrogen-bond acceptors (Lipinski definition) is 8. The maximum absolute atomic E-state index is 13.8. The third-order valence-corrected chi connectivity index (χ3v) is 13.4. The van der Waals surface area contributed by atoms with Gasteiger partial charge in [-0.15, -0.1) is 26.3 Å². The first-order valence-electron chi connectivity index (χ1n) is 21.6. The van der Waals surface area contributed by atoms with Crippen LogP contribution in [0.4, 0.5) is 0 Å². The maximum Gasteiger partial charge on any atom is 0.259 e. The Labute approximate surface area is 388 Å². The number of carbonyl (C=O) groups is 1. The van der Waals surface area contributed by atoms with Crippen LogP contribution in [0.15, 0.2) is 190 Å². The van der Waals surface area contributed by atoms with Gasteiger partial charge >= 0.3 is 0 Å². The van der Waals surface area contributed by atoms with E-state index in [4.69, 9.17) is 24.8 Å². The number of thiophene rings is 1. The number of hydrogen-bond donors (Lipinski definition) is 0. The standard InChI is InChI=1S/C53H43BrN8O2S/c1-2-3-25-48-56-34-42(32-38(33-43-22-15-30-65-43)52(63)60-29-28-55-36-60)61(48)35-37-26-27-47-46(31-37)49(54)50(64-47)44-23-13-14-24-45(44)51-57-59-62(58-51)53(39-16-7-4-8-17-39,40-18-9-5-10-19-40)41-20-11-6-12-21-41/h4-24,26-32,34,36H,2-3,25,33,35H2,1H3/b38-32+. The molecule has 0 saturated carbocycles. The van der Waals surface area contributed by atoms with Crippen molar-refractivity contribution in [2.24, 2.45) is 0 Å². The molecule has 0 atom stereocenters. The van der Waals surface area contributed by atoms with E-state index in [1.54, 1.807) is 34.9 Å². The normalized spacial score (nSPS) is 12.0. The van der Waals surface area contributed by atoms with Crippen molar-refractivity contribution in [1.82, 2.24) is 39.3 Å². The molecule has 0 amide bonds. The van der Waals surface area contributed by atoms with E-state index in [-0.39, 0.29) is 5.91 Å². The molecule has 0 fully saturated rings. The Bertz CT molecular complexity index is 3130. The van der Waals surface area contributed by atoms with Crippen molar-refractivity contribution in [3.05, 3.63) is 225 Å². The van der Waals surface area contributed by atoms with Crippen molar-refractivity contribution in [3.63, 3.8) is 0 Å². The Morgan fingerprint density at radius 2 is 1.52 bits per heavy atom. The number of furan rings is 1. The summed E-state index contributed by atoms with van der Waals surface area (Å²) >= 11 is 5.60. The van der Waals surface area contributed by atoms with E-state index >= 15 is 0 Å². The molecule has 5 heterocycles. The van der Waals surface area contributed by atoms with Crippen molar-refractivity contribution in [2.75, 3.05) is 0 Å². The second-order valence-electron chi connectivity index (χ2n) is 15.8. The van der Waals surface area contributed by atoms with Gasteiger partial charge < -0.3 is 8.98 Å². The molecule has 12 heteroatoms. The van der Waals surface area contributed by atoms with Crippen LogP contribution in [0.25, 0.3) is 39.8 Å². The second kappa shape index (κ2) is 18.4. The van der Waals surface area contributed by atoms with E-state index in [0.29, 0.717) is 30.1 Å². The van der Waals surface area contributed by atoms with Gasteiger partial charge in [-0.2, -0.15) is 0 Å². The first-order valence-corrected chi connectivity index (χ1v) is 23.3. The lowest BCUT2D eigenvalue weighted by Gasteiger charge is -2.34. The topological polar surface area (TPSA) is 109 Å². The number of halogens is 1. The fourth-order valence-corrected chi connectivity index (χ4v) is 9.90. The summed E-state index contributed by atoms with van der Waals surface area (Å²) in [5.74, 6) is 1.98. The Kier molecular flexibility index (Phi) is 11.8. The minimum Gasteiger partial charge on any atom is -0.455 e. The molecule has 0 bridgehead atoms. The molecule has 0 aliphatic carbocycles. The number of fused-ring (bicyclic) bond motifs is 1. The molecule has 320 valence electrons. The van der Waals surface area contributed by atoms with Gasteiger partial charge in [-0.25, -0.2) is 9.97 Å². The number of carbonyl (C=O) groups excluding carboxylic acids is 1. The van der Waals surface area contributed by atoms with Gasteiger partial charge in [0.05, 0.1) is 16.4 Å². The third kappa shape index (κ3) is 8.11. The van der Waals surface area contributed by atoms with E-state index in [0.717, 1.165) is 84.5 Å². The van der Waals surface area contributed by atoms with Crippen molar-refractivity contribution in [2.45, 2.75) is 44.7 Å². The van der Waals surface area contributed by atoms with Crippen LogP contribution in [0.2, 0.25) is 0 Å². The smallest absolute Gasteiger partial charge is 0.259 e. The van der Waals surface area contributed by atoms with E-state index in [1.165, 1.54) is 4.57 Å². The highest BCUT2D eigenvalue weighted by Crippen LogP contribution is 2.43. The van der Waals surface area contributed by atoms with E-state index < -0.39 is 5.54 Å². The number of allylic oxidation sites excluding steroid dienone is 1. The van der Waals surface area contributed by atoms with E-state index in [1.807, 2.05) is 109 Å². The molecular weight excluding hydrogens is 893 g/mol. The zero-order valence-electron chi connectivity index (χ0n) is 35.5. The Morgan fingerprint density at radius 3 is 2.17 bits per heavy atom. The molecule has 0 radical (unpaired) electrons. The number of rotatable bonds is 15. The second-order valence-corrected chi connectivity index (χ2v) is 17.6. The molecule has 0 saturated heterocycles. The number of imidazole rings is 2. The van der Waals surface area contributed by atoms with Crippen LogP contribution >= 0.6 is 27.3 Å². The summed E-state index contributed by atoms with van der Waals surface area (Å²) in [6.45, 7) is 2.73. The largest absolute Gasteiger partial charge is 0.455 e. The summed E-state index contributed by atoms with van der Waals surface area (Å²) in [6.07, 6.45) is 12.1. The van der Waals surface area contributed by atoms with Crippen LogP contribution in [0.1, 0.15) is 63.2 Å². The average molecular weight is 936 g/mol. The van der Waals surface area contributed by atoms with Gasteiger partial charge in [-0.05, 0) is 79.5 Å². The Hall–Kier alpha value is -7.28. The number of tetrazole rings is 1. The number of nitrogens with zero attached hydrogens (tertiary/aromatic N) is 8. The van der Waals surface area contributed by atoms with Gasteiger partial charge in [-0.1, -0.05) is 141 Å². The lowest BCUT2D eigenvalue weighted by molar-refractivity contribution is 0.0953. The molecule has 0 aliphatic rings. The van der Waals surface area contributed by atoms with Crippen molar-refractivity contribution in [3.8, 4) is 22.7 Å². The molecule has 5 aromatic carbocycles. The number of aromatic nitrogens is 8. The summed E-state index contributed by atoms with van der Waals surface area (Å²) in [5, 5.41) is 17.8. The SMILES string of the molecule is CCCCc1ncc(/C=C(\Cc2cccs2)C(=O)n2ccnc2)n1Cc1ccc2oc(-c3ccccc3-c3nnn(C(c4ccccc4)(c4ccccc4)c4ccccc4)n3)c(Br)c2c1. The molecule has 10 rings (SSSR count). The molecule has 0 unspecified atom stereocenters. The lowest BCUT2D eigenvalue weighted by Crippen LogP contribution is -2.39. The number of aryl methyl sites for hydroxylation is 1. The quantitative estimate of drug-likeness (QED) is 0.0744. The predicted octanol–water partition coefficient (Wildman–Crippen LogP) is 12.2. The van der Waals surface area contributed by atoms with Gasteiger partial charge in [0.1, 0.15) is 23.5 Å². The molecule has 0 aliphatic heterocycles. The van der Waals surface area contributed by atoms with E-state index in [9.17, 15) is 4.79 Å². The van der Waals surface area contributed by atoms with Gasteiger partial charge in [0, 0.05) is 58.7 Å². The molecular formula is C53H43BrN8O2S. The summed E-state index contributed by atoms with van der Waals surface area (Å²) in [6, 6.07) is 49.3. The fourth-order valence-electron chi connectivity index (χ4n) is 8.57. The predicted molar refractivity (Wildman–Crippen MR) is 260 cm³/mol. The Balaban J connectivity index is 1.02. The van der Waals surface area contributed by atoms with Crippen molar-refractivity contribution in [1.29, 1.82) is 0 Å². The summed E-state index contributed by atoms with van der Waals surface area (Å²) in [7, 11) is 0. The van der Waals surface area contributed by atoms with Crippen LogP contribution < -0.4 is 0 Å². The van der Waals surface area contributed by atoms with Crippen LogP contribution in [0, 0.1) is 0 Å². The van der Waals surface area contributed by atoms with Gasteiger partial charge in [0.25, 0.3) is 5.91 Å². The highest BCUT2D eigenvalue weighted by Gasteiger charge is 2.41. The molecule has 0 N–H and O–H groups in total. The monoisotopic (exact) mass is 934 g/mol. The van der Waals surface area contributed by atoms with Crippen LogP contribution in [0.3, 0.4) is 0 Å². The van der Waals surface area contributed by atoms with E-state index in [2.05, 4.69) is 87.0 Å². The van der Waals surface area contributed by atoms with Gasteiger partial charge in [-0.3, -0.25) is 9.36 Å². The number of unbranched alkanes of at least 4 members (excludes halogenated alkanes) is 1. The first-order chi connectivity index (χ1) is 32.0. The molecule has 10 nitrogen and oxygen atoms in total. The Morgan fingerprint density at radius 1 is 0.831 bits per heavy atom. The fraction of sp³-hybridized carbons (Fsp3) is 0.132. The zero-order chi connectivity index (χ0) is 44.2. The average Bonchev–Trinajstić information content (AvgIpc) is 4.23. The molecule has 0 spiro atoms. The third-order valence-electron chi connectivity index (χ3n) is 11.7. The molecule has 5 aromatic heterocycles. The van der Waals surface area contributed by atoms with Crippen molar-refractivity contribution < 1.29 is 9.21 Å². The summed E-state index contributed by atoms with van der Waals surface area (Å²) in [5.41, 5.74) is 7.03. The van der Waals surface area contributed by atoms with Crippen LogP contribution in [0.5, 0.6) is 0 Å². The highest BCUT2D eigenvalue weighted by atomic mass is 79.9. The molecule has 65 heavy (non-hydrogen) atoms. The molecule has 10 aromatic rings. The lowest BCUT2D eigenvalue weighted by atomic mass is 9.77. The highest BCUT2D eigenvalue weighted by molar-refractivity contribution is 9.10. The maximum atomic E-state index is 13.8. The van der Waals surface area contributed by atoms with Gasteiger partial charge in [0.15, 0.2) is 5.54 Å². The summed E-state index contributed by atoms with van der Waals surface area (Å²) < 4.78 is 11.3. The first kappa shape index (κ1) is 41.7. The minimum atomic E-state index is -0.914. The van der Waals surface area contributed by atoms with Gasteiger partial charge in [0.2, 0.25) is 5.82 Å².